The van der Waals surface area contributed by atoms with Crippen molar-refractivity contribution >= 4 is 17.7 Å². The van der Waals surface area contributed by atoms with Crippen LogP contribution in [0.5, 0.6) is 0 Å². The molecule has 0 radical (unpaired) electrons. The van der Waals surface area contributed by atoms with E-state index in [0.717, 1.165) is 12.2 Å². The van der Waals surface area contributed by atoms with Gasteiger partial charge in [0.25, 0.3) is 0 Å². The molecule has 0 aliphatic carbocycles. The first kappa shape index (κ1) is 13.4. The Morgan fingerprint density at radius 3 is 2.20 bits per heavy atom. The quantitative estimate of drug-likeness (QED) is 0.479. The molecule has 0 aromatic rings. The van der Waals surface area contributed by atoms with Crippen LogP contribution in [0.1, 0.15) is 19.3 Å². The number of ether oxygens (including phenoxy) is 2. The predicted molar refractivity (Wildman–Crippen MR) is 52.0 cm³/mol. The van der Waals surface area contributed by atoms with Crippen molar-refractivity contribution in [2.75, 3.05) is 14.2 Å². The highest BCUT2D eigenvalue weighted by atomic mass is 16.5. The maximum atomic E-state index is 11.1. The lowest BCUT2D eigenvalue weighted by molar-refractivity contribution is -0.140. The van der Waals surface area contributed by atoms with Crippen molar-refractivity contribution in [3.63, 3.8) is 0 Å². The highest BCUT2D eigenvalue weighted by molar-refractivity contribution is 5.95. The summed E-state index contributed by atoms with van der Waals surface area (Å²) in [7, 11) is 2.52. The number of hydrogen-bond donors (Lipinski definition) is 0. The van der Waals surface area contributed by atoms with Gasteiger partial charge in [-0.2, -0.15) is 0 Å². The molecule has 0 aliphatic rings. The summed E-state index contributed by atoms with van der Waals surface area (Å²) in [6.45, 7) is 0. The molecule has 0 unspecified atom stereocenters. The molecule has 0 amide bonds. The Kier molecular flexibility index (Phi) is 6.88. The Morgan fingerprint density at radius 2 is 1.67 bits per heavy atom. The molecule has 0 aromatic carbocycles. The summed E-state index contributed by atoms with van der Waals surface area (Å²) < 4.78 is 8.71. The zero-order valence-corrected chi connectivity index (χ0v) is 8.82. The Balaban J connectivity index is 3.71. The summed E-state index contributed by atoms with van der Waals surface area (Å²) in [5.41, 5.74) is 0. The molecule has 0 heterocycles. The van der Waals surface area contributed by atoms with Crippen LogP contribution in [0, 0.1) is 0 Å². The van der Waals surface area contributed by atoms with E-state index >= 15 is 0 Å². The van der Waals surface area contributed by atoms with Gasteiger partial charge in [0.05, 0.1) is 14.2 Å². The zero-order chi connectivity index (χ0) is 11.7. The van der Waals surface area contributed by atoms with Crippen molar-refractivity contribution in [2.45, 2.75) is 19.3 Å². The fourth-order valence-corrected chi connectivity index (χ4v) is 0.821. The average molecular weight is 214 g/mol. The number of ketones is 1. The molecule has 0 saturated carbocycles. The lowest BCUT2D eigenvalue weighted by atomic mass is 10.1. The molecule has 0 aliphatic heterocycles. The smallest absolute Gasteiger partial charge is 0.330 e. The van der Waals surface area contributed by atoms with Gasteiger partial charge in [0, 0.05) is 18.9 Å². The molecule has 15 heavy (non-hydrogen) atoms. The minimum Gasteiger partial charge on any atom is -0.469 e. The summed E-state index contributed by atoms with van der Waals surface area (Å²) in [5.74, 6) is -1.14. The van der Waals surface area contributed by atoms with Crippen molar-refractivity contribution in [3.05, 3.63) is 12.2 Å². The first-order chi connectivity index (χ1) is 7.10. The number of allylic oxidation sites excluding steroid dienone is 1. The van der Waals surface area contributed by atoms with E-state index in [0.29, 0.717) is 6.42 Å². The van der Waals surface area contributed by atoms with E-state index < -0.39 is 5.97 Å². The predicted octanol–water partition coefficient (Wildman–Crippen LogP) is 0.628. The van der Waals surface area contributed by atoms with E-state index in [4.69, 9.17) is 0 Å². The standard InChI is InChI=1S/C10H14O5/c1-14-9(12)5-3-4-8(11)6-7-10(13)15-2/h6-7H,3-5H2,1-2H3/b7-6+. The van der Waals surface area contributed by atoms with Crippen LogP contribution in [0.3, 0.4) is 0 Å². The monoisotopic (exact) mass is 214 g/mol. The fraction of sp³-hybridized carbons (Fsp3) is 0.500. The Morgan fingerprint density at radius 1 is 1.00 bits per heavy atom. The lowest BCUT2D eigenvalue weighted by Gasteiger charge is -1.96. The van der Waals surface area contributed by atoms with Crippen LogP contribution >= 0.6 is 0 Å². The van der Waals surface area contributed by atoms with Gasteiger partial charge in [0.2, 0.25) is 0 Å². The van der Waals surface area contributed by atoms with Crippen molar-refractivity contribution in [1.82, 2.24) is 0 Å². The minimum atomic E-state index is -0.573. The number of hydrogen-bond acceptors (Lipinski definition) is 5. The Hall–Kier alpha value is -1.65. The number of rotatable bonds is 6. The van der Waals surface area contributed by atoms with Gasteiger partial charge in [-0.25, -0.2) is 4.79 Å². The summed E-state index contributed by atoms with van der Waals surface area (Å²) in [4.78, 5) is 32.4. The van der Waals surface area contributed by atoms with Gasteiger partial charge in [0.1, 0.15) is 0 Å². The Labute approximate surface area is 88.0 Å². The largest absolute Gasteiger partial charge is 0.469 e. The molecule has 0 saturated heterocycles. The molecule has 0 fully saturated rings. The van der Waals surface area contributed by atoms with Crippen LogP contribution in [0.2, 0.25) is 0 Å². The van der Waals surface area contributed by atoms with Gasteiger partial charge in [-0.05, 0) is 12.5 Å². The maximum Gasteiger partial charge on any atom is 0.330 e. The first-order valence-corrected chi connectivity index (χ1v) is 4.45. The molecule has 0 N–H and O–H groups in total. The third-order valence-corrected chi connectivity index (χ3v) is 1.64. The third kappa shape index (κ3) is 7.42. The number of methoxy groups -OCH3 is 2. The molecule has 0 atom stereocenters. The lowest BCUT2D eigenvalue weighted by Crippen LogP contribution is -2.02. The Bertz CT molecular complexity index is 267. The summed E-state index contributed by atoms with van der Waals surface area (Å²) >= 11 is 0. The second-order valence-electron chi connectivity index (χ2n) is 2.75. The van der Waals surface area contributed by atoms with E-state index in [1.807, 2.05) is 0 Å². The molecule has 0 aromatic heterocycles. The van der Waals surface area contributed by atoms with Gasteiger partial charge in [-0.3, -0.25) is 9.59 Å². The zero-order valence-electron chi connectivity index (χ0n) is 8.82. The molecular weight excluding hydrogens is 200 g/mol. The molecule has 0 rings (SSSR count). The first-order valence-electron chi connectivity index (χ1n) is 4.45. The van der Waals surface area contributed by atoms with Crippen molar-refractivity contribution in [3.8, 4) is 0 Å². The van der Waals surface area contributed by atoms with Crippen molar-refractivity contribution < 1.29 is 23.9 Å². The SMILES string of the molecule is COC(=O)/C=C/C(=O)CCCC(=O)OC. The summed E-state index contributed by atoms with van der Waals surface area (Å²) in [5, 5.41) is 0. The molecule has 84 valence electrons. The second kappa shape index (κ2) is 7.73. The highest BCUT2D eigenvalue weighted by Gasteiger charge is 2.03. The van der Waals surface area contributed by atoms with Gasteiger partial charge < -0.3 is 9.47 Å². The normalized spacial score (nSPS) is 10.0. The van der Waals surface area contributed by atoms with Gasteiger partial charge >= 0.3 is 11.9 Å². The number of carbonyl (C=O) groups excluding carboxylic acids is 3. The van der Waals surface area contributed by atoms with Crippen LogP contribution in [-0.2, 0) is 23.9 Å². The second-order valence-corrected chi connectivity index (χ2v) is 2.75. The van der Waals surface area contributed by atoms with E-state index in [1.54, 1.807) is 0 Å². The van der Waals surface area contributed by atoms with Crippen molar-refractivity contribution in [1.29, 1.82) is 0 Å². The van der Waals surface area contributed by atoms with Crippen LogP contribution in [-0.4, -0.2) is 31.9 Å². The maximum absolute atomic E-state index is 11.1. The molecule has 5 nitrogen and oxygen atoms in total. The van der Waals surface area contributed by atoms with Crippen LogP contribution in [0.25, 0.3) is 0 Å². The van der Waals surface area contributed by atoms with Crippen LogP contribution < -0.4 is 0 Å². The average Bonchev–Trinajstić information content (AvgIpc) is 2.25. The van der Waals surface area contributed by atoms with Crippen LogP contribution in [0.4, 0.5) is 0 Å². The van der Waals surface area contributed by atoms with Gasteiger partial charge in [-0.15, -0.1) is 0 Å². The fourth-order valence-electron chi connectivity index (χ4n) is 0.821. The molecule has 0 bridgehead atoms. The highest BCUT2D eigenvalue weighted by Crippen LogP contribution is 1.99. The van der Waals surface area contributed by atoms with Crippen molar-refractivity contribution in [2.24, 2.45) is 0 Å². The minimum absolute atomic E-state index is 0.203. The third-order valence-electron chi connectivity index (χ3n) is 1.64. The van der Waals surface area contributed by atoms with Gasteiger partial charge in [-0.1, -0.05) is 0 Å². The van der Waals surface area contributed by atoms with E-state index in [9.17, 15) is 14.4 Å². The number of esters is 2. The van der Waals surface area contributed by atoms with Gasteiger partial charge in [0.15, 0.2) is 5.78 Å². The summed E-state index contributed by atoms with van der Waals surface area (Å²) in [6.07, 6.45) is 3.03. The van der Waals surface area contributed by atoms with E-state index in [1.165, 1.54) is 14.2 Å². The van der Waals surface area contributed by atoms with E-state index in [2.05, 4.69) is 9.47 Å². The van der Waals surface area contributed by atoms with E-state index in [-0.39, 0.29) is 24.6 Å². The molecule has 0 spiro atoms. The molecular formula is C10H14O5. The summed E-state index contributed by atoms with van der Waals surface area (Å²) in [6, 6.07) is 0. The topological polar surface area (TPSA) is 69.7 Å². The molecule has 5 heteroatoms. The van der Waals surface area contributed by atoms with Crippen LogP contribution in [0.15, 0.2) is 12.2 Å². The number of carbonyl (C=O) groups is 3.